The summed E-state index contributed by atoms with van der Waals surface area (Å²) in [4.78, 5) is 19.6. The number of likely N-dealkylation sites (tertiary alicyclic amines) is 1. The first kappa shape index (κ1) is 22.9. The van der Waals surface area contributed by atoms with Crippen LogP contribution in [-0.2, 0) is 10.8 Å². The summed E-state index contributed by atoms with van der Waals surface area (Å²) in [6.45, 7) is 10.9. The Kier molecular flexibility index (Phi) is 5.81. The van der Waals surface area contributed by atoms with Crippen LogP contribution in [0.2, 0.25) is 0 Å². The third-order valence-electron chi connectivity index (χ3n) is 7.59. The number of piperidine rings is 1. The van der Waals surface area contributed by atoms with E-state index in [9.17, 15) is 4.79 Å². The van der Waals surface area contributed by atoms with E-state index in [4.69, 9.17) is 9.40 Å². The Morgan fingerprint density at radius 2 is 1.76 bits per heavy atom. The number of aromatic nitrogens is 1. The molecule has 174 valence electrons. The van der Waals surface area contributed by atoms with E-state index in [-0.39, 0.29) is 16.7 Å². The third-order valence-corrected chi connectivity index (χ3v) is 9.02. The molecule has 33 heavy (non-hydrogen) atoms. The van der Waals surface area contributed by atoms with E-state index in [0.717, 1.165) is 31.6 Å². The van der Waals surface area contributed by atoms with Gasteiger partial charge in [-0.05, 0) is 81.8 Å². The monoisotopic (exact) mass is 526 g/mol. The van der Waals surface area contributed by atoms with E-state index in [1.54, 1.807) is 23.5 Å². The molecule has 1 aliphatic heterocycles. The van der Waals surface area contributed by atoms with Gasteiger partial charge >= 0.3 is 0 Å². The summed E-state index contributed by atoms with van der Waals surface area (Å²) in [5.41, 5.74) is 5.69. The number of furan rings is 1. The van der Waals surface area contributed by atoms with Crippen molar-refractivity contribution in [2.24, 2.45) is 0 Å². The zero-order valence-electron chi connectivity index (χ0n) is 19.8. The molecular weight excluding hydrogens is 496 g/mol. The zero-order chi connectivity index (χ0) is 23.4. The number of halogens is 1. The van der Waals surface area contributed by atoms with Gasteiger partial charge in [0.25, 0.3) is 5.91 Å². The van der Waals surface area contributed by atoms with Gasteiger partial charge in [-0.15, -0.1) is 11.3 Å². The van der Waals surface area contributed by atoms with Gasteiger partial charge in [-0.2, -0.15) is 0 Å². The average molecular weight is 528 g/mol. The summed E-state index contributed by atoms with van der Waals surface area (Å²) in [6.07, 6.45) is 4.31. The van der Waals surface area contributed by atoms with E-state index in [1.165, 1.54) is 34.5 Å². The number of hydrogen-bond donors (Lipinski definition) is 0. The highest BCUT2D eigenvalue weighted by molar-refractivity contribution is 9.10. The average Bonchev–Trinajstić information content (AvgIpc) is 3.46. The van der Waals surface area contributed by atoms with E-state index in [1.807, 2.05) is 4.90 Å². The van der Waals surface area contributed by atoms with Crippen LogP contribution in [0.25, 0.3) is 11.3 Å². The number of carbonyl (C=O) groups is 1. The number of benzene rings is 1. The predicted molar refractivity (Wildman–Crippen MR) is 137 cm³/mol. The molecule has 0 atom stereocenters. The van der Waals surface area contributed by atoms with Crippen molar-refractivity contribution >= 4 is 33.2 Å². The lowest BCUT2D eigenvalue weighted by atomic mass is 9.63. The number of thiazole rings is 1. The lowest BCUT2D eigenvalue weighted by Gasteiger charge is -2.42. The van der Waals surface area contributed by atoms with Gasteiger partial charge in [-0.25, -0.2) is 4.98 Å². The standard InChI is InChI=1S/C27H31BrN2O2S/c1-26(2)11-12-27(3,4)20-15-18(5-6-19(20)26)21-16-33-24(29-21)17-9-13-30(14-10-17)25(31)22-7-8-23(28)32-22/h5-8,15-17H,9-14H2,1-4H3. The number of rotatable bonds is 3. The van der Waals surface area contributed by atoms with Gasteiger partial charge in [0.1, 0.15) is 0 Å². The first-order valence-corrected chi connectivity index (χ1v) is 13.5. The largest absolute Gasteiger partial charge is 0.444 e. The Morgan fingerprint density at radius 1 is 1.06 bits per heavy atom. The van der Waals surface area contributed by atoms with Crippen LogP contribution in [0.15, 0.2) is 44.8 Å². The second kappa shape index (κ2) is 8.38. The smallest absolute Gasteiger partial charge is 0.289 e. The Morgan fingerprint density at radius 3 is 2.42 bits per heavy atom. The maximum atomic E-state index is 12.7. The lowest BCUT2D eigenvalue weighted by molar-refractivity contribution is 0.0679. The Hall–Kier alpha value is -1.92. The van der Waals surface area contributed by atoms with Crippen LogP contribution < -0.4 is 0 Å². The van der Waals surface area contributed by atoms with Gasteiger partial charge in [0, 0.05) is 30.0 Å². The molecule has 0 radical (unpaired) electrons. The van der Waals surface area contributed by atoms with Crippen molar-refractivity contribution in [3.05, 3.63) is 62.3 Å². The summed E-state index contributed by atoms with van der Waals surface area (Å²) < 4.78 is 6.03. The van der Waals surface area contributed by atoms with E-state index in [0.29, 0.717) is 16.3 Å². The Bertz CT molecular complexity index is 1180. The molecule has 0 spiro atoms. The number of nitrogens with zero attached hydrogens (tertiary/aromatic N) is 2. The SMILES string of the molecule is CC1(C)CCC(C)(C)c2cc(-c3csc(C4CCN(C(=O)c5ccc(Br)o5)CC4)n3)ccc21. The number of fused-ring (bicyclic) bond motifs is 1. The molecule has 0 unspecified atom stereocenters. The summed E-state index contributed by atoms with van der Waals surface area (Å²) in [5, 5.41) is 3.39. The number of amides is 1. The van der Waals surface area contributed by atoms with Gasteiger partial charge in [0.15, 0.2) is 10.4 Å². The predicted octanol–water partition coefficient (Wildman–Crippen LogP) is 7.53. The van der Waals surface area contributed by atoms with Crippen LogP contribution in [0.5, 0.6) is 0 Å². The highest BCUT2D eigenvalue weighted by Crippen LogP contribution is 2.47. The van der Waals surface area contributed by atoms with Crippen LogP contribution >= 0.6 is 27.3 Å². The highest BCUT2D eigenvalue weighted by atomic mass is 79.9. The second-order valence-electron chi connectivity index (χ2n) is 10.8. The van der Waals surface area contributed by atoms with E-state index < -0.39 is 0 Å². The quantitative estimate of drug-likeness (QED) is 0.354. The molecule has 6 heteroatoms. The van der Waals surface area contributed by atoms with Crippen LogP contribution in [0.1, 0.15) is 86.0 Å². The van der Waals surface area contributed by atoms with Crippen molar-refractivity contribution in [1.82, 2.24) is 9.88 Å². The summed E-state index contributed by atoms with van der Waals surface area (Å²) in [6, 6.07) is 10.5. The Balaban J connectivity index is 1.31. The molecular formula is C27H31BrN2O2S. The van der Waals surface area contributed by atoms with Crippen molar-refractivity contribution < 1.29 is 9.21 Å². The fourth-order valence-corrected chi connectivity index (χ4v) is 6.58. The second-order valence-corrected chi connectivity index (χ2v) is 12.4. The minimum atomic E-state index is -0.0291. The fraction of sp³-hybridized carbons (Fsp3) is 0.481. The van der Waals surface area contributed by atoms with Gasteiger partial charge in [-0.1, -0.05) is 39.8 Å². The molecule has 1 amide bonds. The summed E-state index contributed by atoms with van der Waals surface area (Å²) in [5.74, 6) is 0.776. The van der Waals surface area contributed by atoms with Gasteiger partial charge in [0.05, 0.1) is 10.7 Å². The molecule has 2 aromatic heterocycles. The van der Waals surface area contributed by atoms with Crippen LogP contribution in [0.3, 0.4) is 0 Å². The minimum Gasteiger partial charge on any atom is -0.444 e. The first-order valence-electron chi connectivity index (χ1n) is 11.8. The molecule has 3 heterocycles. The minimum absolute atomic E-state index is 0.0291. The maximum absolute atomic E-state index is 12.7. The lowest BCUT2D eigenvalue weighted by Crippen LogP contribution is -2.37. The Labute approximate surface area is 208 Å². The molecule has 0 saturated carbocycles. The van der Waals surface area contributed by atoms with E-state index in [2.05, 4.69) is 67.2 Å². The fourth-order valence-electron chi connectivity index (χ4n) is 5.27. The highest BCUT2D eigenvalue weighted by Gasteiger charge is 2.37. The molecule has 3 aromatic rings. The van der Waals surface area contributed by atoms with Crippen LogP contribution in [0.4, 0.5) is 0 Å². The molecule has 1 fully saturated rings. The van der Waals surface area contributed by atoms with Crippen LogP contribution in [-0.4, -0.2) is 28.9 Å². The van der Waals surface area contributed by atoms with Crippen molar-refractivity contribution in [2.45, 2.75) is 70.1 Å². The molecule has 0 N–H and O–H groups in total. The summed E-state index contributed by atoms with van der Waals surface area (Å²) >= 11 is 5.03. The molecule has 1 aromatic carbocycles. The van der Waals surface area contributed by atoms with Gasteiger partial charge in [-0.3, -0.25) is 4.79 Å². The molecule has 5 rings (SSSR count). The molecule has 1 saturated heterocycles. The summed E-state index contributed by atoms with van der Waals surface area (Å²) in [7, 11) is 0. The first-order chi connectivity index (χ1) is 15.6. The third kappa shape index (κ3) is 4.32. The molecule has 2 aliphatic rings. The molecule has 4 nitrogen and oxygen atoms in total. The van der Waals surface area contributed by atoms with Crippen LogP contribution in [0, 0.1) is 0 Å². The van der Waals surface area contributed by atoms with Gasteiger partial charge < -0.3 is 9.32 Å². The van der Waals surface area contributed by atoms with Crippen molar-refractivity contribution in [3.63, 3.8) is 0 Å². The number of hydrogen-bond acceptors (Lipinski definition) is 4. The normalized spacial score (nSPS) is 20.0. The topological polar surface area (TPSA) is 46.3 Å². The maximum Gasteiger partial charge on any atom is 0.289 e. The number of carbonyl (C=O) groups excluding carboxylic acids is 1. The van der Waals surface area contributed by atoms with Crippen molar-refractivity contribution in [2.75, 3.05) is 13.1 Å². The zero-order valence-corrected chi connectivity index (χ0v) is 22.2. The van der Waals surface area contributed by atoms with Crippen molar-refractivity contribution in [3.8, 4) is 11.3 Å². The molecule has 1 aliphatic carbocycles. The molecule has 0 bridgehead atoms. The van der Waals surface area contributed by atoms with Crippen molar-refractivity contribution in [1.29, 1.82) is 0 Å². The van der Waals surface area contributed by atoms with Gasteiger partial charge in [0.2, 0.25) is 0 Å². The van der Waals surface area contributed by atoms with E-state index >= 15 is 0 Å².